The zero-order valence-corrected chi connectivity index (χ0v) is 12.2. The van der Waals surface area contributed by atoms with Crippen LogP contribution in [0.3, 0.4) is 0 Å². The average molecular weight is 228 g/mol. The molecule has 0 aliphatic carbocycles. The average Bonchev–Trinajstić information content (AvgIpc) is 2.18. The van der Waals surface area contributed by atoms with Gasteiger partial charge >= 0.3 is 29.6 Å². The number of aryl methyl sites for hydroxylation is 1. The van der Waals surface area contributed by atoms with Crippen molar-refractivity contribution in [2.24, 2.45) is 0 Å². The van der Waals surface area contributed by atoms with Crippen LogP contribution >= 0.6 is 0 Å². The number of hydrogen-bond donors (Lipinski definition) is 0. The minimum Gasteiger partial charge on any atom is -0.550 e. The summed E-state index contributed by atoms with van der Waals surface area (Å²) in [6, 6.07) is 7.76. The molecule has 1 aromatic carbocycles. The molecule has 0 aliphatic heterocycles. The third-order valence-electron chi connectivity index (χ3n) is 2.41. The number of carbonyl (C=O) groups is 1. The predicted octanol–water partition coefficient (Wildman–Crippen LogP) is -1.28. The molecule has 0 aliphatic rings. The van der Waals surface area contributed by atoms with Crippen molar-refractivity contribution < 1.29 is 39.5 Å². The van der Waals surface area contributed by atoms with Gasteiger partial charge in [-0.3, -0.25) is 0 Å². The zero-order chi connectivity index (χ0) is 11.1. The van der Waals surface area contributed by atoms with E-state index in [2.05, 4.69) is 13.0 Å². The Labute approximate surface area is 119 Å². The number of benzene rings is 1. The number of carboxylic acid groups (broad SMARTS) is 1. The van der Waals surface area contributed by atoms with Crippen LogP contribution in [0, 0.1) is 0 Å². The first kappa shape index (κ1) is 15.7. The van der Waals surface area contributed by atoms with Crippen molar-refractivity contribution in [3.8, 4) is 0 Å². The van der Waals surface area contributed by atoms with E-state index in [9.17, 15) is 9.90 Å². The molecule has 0 N–H and O–H groups in total. The van der Waals surface area contributed by atoms with Crippen LogP contribution in [0.5, 0.6) is 0 Å². The van der Waals surface area contributed by atoms with Gasteiger partial charge < -0.3 is 9.90 Å². The number of carboxylic acids is 1. The monoisotopic (exact) mass is 228 g/mol. The second kappa shape index (κ2) is 8.80. The number of rotatable bonds is 6. The second-order valence-electron chi connectivity index (χ2n) is 3.83. The molecule has 0 bridgehead atoms. The second-order valence-corrected chi connectivity index (χ2v) is 3.83. The summed E-state index contributed by atoms with van der Waals surface area (Å²) in [5.74, 6) is -1.01. The van der Waals surface area contributed by atoms with Gasteiger partial charge in [0.1, 0.15) is 0 Å². The summed E-state index contributed by atoms with van der Waals surface area (Å²) in [4.78, 5) is 10.4. The molecule has 2 nitrogen and oxygen atoms in total. The topological polar surface area (TPSA) is 40.1 Å². The summed E-state index contributed by atoms with van der Waals surface area (Å²) >= 11 is 0. The molecule has 0 heterocycles. The Morgan fingerprint density at radius 2 is 1.94 bits per heavy atom. The Morgan fingerprint density at radius 1 is 1.25 bits per heavy atom. The van der Waals surface area contributed by atoms with Crippen LogP contribution in [-0.4, -0.2) is 5.97 Å². The molecule has 1 aromatic rings. The summed E-state index contributed by atoms with van der Waals surface area (Å²) in [6.07, 6.45) is 4.66. The van der Waals surface area contributed by atoms with Gasteiger partial charge in [0.2, 0.25) is 0 Å². The first-order valence-corrected chi connectivity index (χ1v) is 5.50. The normalized spacial score (nSPS) is 9.56. The van der Waals surface area contributed by atoms with E-state index in [1.165, 1.54) is 24.8 Å². The minimum atomic E-state index is -1.01. The third-order valence-corrected chi connectivity index (χ3v) is 2.41. The molecule has 0 saturated heterocycles. The molecule has 82 valence electrons. The van der Waals surface area contributed by atoms with E-state index in [1.807, 2.05) is 18.2 Å². The molecule has 1 rings (SSSR count). The number of aliphatic carboxylic acids is 1. The van der Waals surface area contributed by atoms with E-state index < -0.39 is 5.97 Å². The smallest absolute Gasteiger partial charge is 0.550 e. The summed E-state index contributed by atoms with van der Waals surface area (Å²) in [5, 5.41) is 10.4. The zero-order valence-electron chi connectivity index (χ0n) is 10.2. The van der Waals surface area contributed by atoms with Crippen molar-refractivity contribution in [3.63, 3.8) is 0 Å². The molecule has 0 saturated carbocycles. The summed E-state index contributed by atoms with van der Waals surface area (Å²) in [6.45, 7) is 2.17. The van der Waals surface area contributed by atoms with Gasteiger partial charge in [-0.05, 0) is 24.0 Å². The van der Waals surface area contributed by atoms with Crippen molar-refractivity contribution in [2.45, 2.75) is 39.0 Å². The summed E-state index contributed by atoms with van der Waals surface area (Å²) in [5.41, 5.74) is 2.06. The van der Waals surface area contributed by atoms with Crippen molar-refractivity contribution in [2.75, 3.05) is 0 Å². The van der Waals surface area contributed by atoms with E-state index in [0.717, 1.165) is 12.0 Å². The van der Waals surface area contributed by atoms with Gasteiger partial charge in [-0.1, -0.05) is 44.0 Å². The number of carbonyl (C=O) groups excluding carboxylic acids is 1. The fourth-order valence-electron chi connectivity index (χ4n) is 1.64. The molecule has 0 radical (unpaired) electrons. The van der Waals surface area contributed by atoms with Gasteiger partial charge in [0.15, 0.2) is 0 Å². The standard InChI is InChI=1S/C13H18O2.Na/c1-2-3-4-6-11-7-5-8-12(9-11)10-13(14)15;/h5,7-9H,2-4,6,10H2,1H3,(H,14,15);/q;+1/p-1. The number of hydrogen-bond acceptors (Lipinski definition) is 2. The molecule has 0 amide bonds. The van der Waals surface area contributed by atoms with Crippen LogP contribution in [0.1, 0.15) is 37.3 Å². The van der Waals surface area contributed by atoms with Crippen LogP contribution in [0.15, 0.2) is 24.3 Å². The molecule has 0 spiro atoms. The van der Waals surface area contributed by atoms with E-state index in [-0.39, 0.29) is 36.0 Å². The van der Waals surface area contributed by atoms with E-state index in [1.54, 1.807) is 0 Å². The molecular weight excluding hydrogens is 211 g/mol. The van der Waals surface area contributed by atoms with Crippen LogP contribution in [0.4, 0.5) is 0 Å². The van der Waals surface area contributed by atoms with E-state index in [4.69, 9.17) is 0 Å². The fraction of sp³-hybridized carbons (Fsp3) is 0.462. The van der Waals surface area contributed by atoms with Crippen LogP contribution in [0.2, 0.25) is 0 Å². The Hall–Kier alpha value is -0.310. The van der Waals surface area contributed by atoms with Gasteiger partial charge in [-0.2, -0.15) is 0 Å². The fourth-order valence-corrected chi connectivity index (χ4v) is 1.64. The Morgan fingerprint density at radius 3 is 2.56 bits per heavy atom. The largest absolute Gasteiger partial charge is 1.00 e. The molecule has 16 heavy (non-hydrogen) atoms. The van der Waals surface area contributed by atoms with Gasteiger partial charge in [0, 0.05) is 12.4 Å². The quantitative estimate of drug-likeness (QED) is 0.449. The Bertz CT molecular complexity index is 323. The number of unbranched alkanes of at least 4 members (excludes halogenated alkanes) is 2. The van der Waals surface area contributed by atoms with Gasteiger partial charge in [0.05, 0.1) is 0 Å². The van der Waals surface area contributed by atoms with E-state index >= 15 is 0 Å². The molecular formula is C13H17NaO2. The van der Waals surface area contributed by atoms with E-state index in [0.29, 0.717) is 0 Å². The van der Waals surface area contributed by atoms with Crippen molar-refractivity contribution in [1.29, 1.82) is 0 Å². The van der Waals surface area contributed by atoms with Crippen molar-refractivity contribution in [3.05, 3.63) is 35.4 Å². The molecule has 0 aromatic heterocycles. The predicted molar refractivity (Wildman–Crippen MR) is 58.4 cm³/mol. The van der Waals surface area contributed by atoms with Crippen molar-refractivity contribution in [1.82, 2.24) is 0 Å². The summed E-state index contributed by atoms with van der Waals surface area (Å²) < 4.78 is 0. The van der Waals surface area contributed by atoms with Crippen LogP contribution in [0.25, 0.3) is 0 Å². The van der Waals surface area contributed by atoms with Gasteiger partial charge in [0.25, 0.3) is 0 Å². The molecule has 0 fully saturated rings. The molecule has 0 unspecified atom stereocenters. The van der Waals surface area contributed by atoms with Gasteiger partial charge in [-0.25, -0.2) is 0 Å². The first-order chi connectivity index (χ1) is 7.22. The maximum absolute atomic E-state index is 10.4. The van der Waals surface area contributed by atoms with Crippen LogP contribution in [-0.2, 0) is 17.6 Å². The maximum atomic E-state index is 10.4. The Kier molecular flexibility index (Phi) is 8.63. The van der Waals surface area contributed by atoms with Crippen molar-refractivity contribution >= 4 is 5.97 Å². The molecule has 3 heteroatoms. The minimum absolute atomic E-state index is 0. The Balaban J connectivity index is 0.00000225. The molecule has 0 atom stereocenters. The van der Waals surface area contributed by atoms with Gasteiger partial charge in [-0.15, -0.1) is 0 Å². The van der Waals surface area contributed by atoms with Crippen LogP contribution < -0.4 is 34.7 Å². The maximum Gasteiger partial charge on any atom is 1.00 e. The first-order valence-electron chi connectivity index (χ1n) is 5.50. The summed E-state index contributed by atoms with van der Waals surface area (Å²) in [7, 11) is 0. The SMILES string of the molecule is CCCCCc1cccc(CC(=O)[O-])c1.[Na+]. The third kappa shape index (κ3) is 6.31.